The Hall–Kier alpha value is -1.64. The summed E-state index contributed by atoms with van der Waals surface area (Å²) < 4.78 is 5.98. The van der Waals surface area contributed by atoms with Crippen molar-refractivity contribution in [2.24, 2.45) is 5.92 Å². The van der Waals surface area contributed by atoms with Crippen LogP contribution in [0.15, 0.2) is 28.7 Å². The van der Waals surface area contributed by atoms with Crippen LogP contribution in [0, 0.1) is 12.8 Å². The van der Waals surface area contributed by atoms with E-state index in [9.17, 15) is 0 Å². The van der Waals surface area contributed by atoms with Gasteiger partial charge in [-0.2, -0.15) is 0 Å². The number of nitrogens with zero attached hydrogens (tertiary/aromatic N) is 2. The Morgan fingerprint density at radius 1 is 1.09 bits per heavy atom. The van der Waals surface area contributed by atoms with E-state index < -0.39 is 0 Å². The zero-order valence-electron chi connectivity index (χ0n) is 13.7. The lowest BCUT2D eigenvalue weighted by molar-refractivity contribution is 0.278. The maximum Gasteiger partial charge on any atom is 0.248 e. The molecule has 1 heterocycles. The van der Waals surface area contributed by atoms with Crippen LogP contribution in [0.1, 0.15) is 69.2 Å². The monoisotopic (exact) mass is 298 g/mol. The van der Waals surface area contributed by atoms with Gasteiger partial charge in [-0.05, 0) is 50.2 Å². The third-order valence-electron chi connectivity index (χ3n) is 4.98. The predicted molar refractivity (Wildman–Crippen MR) is 88.7 cm³/mol. The van der Waals surface area contributed by atoms with Crippen LogP contribution >= 0.6 is 0 Å². The van der Waals surface area contributed by atoms with Crippen LogP contribution in [0.3, 0.4) is 0 Å². The topological polar surface area (TPSA) is 38.9 Å². The number of hydrogen-bond acceptors (Lipinski definition) is 3. The second kappa shape index (κ2) is 7.08. The molecule has 3 heteroatoms. The Kier molecular flexibility index (Phi) is 4.91. The lowest BCUT2D eigenvalue weighted by Crippen LogP contribution is -2.13. The van der Waals surface area contributed by atoms with Crippen LogP contribution in [0.5, 0.6) is 0 Å². The van der Waals surface area contributed by atoms with Crippen molar-refractivity contribution in [3.05, 3.63) is 35.7 Å². The fourth-order valence-corrected chi connectivity index (χ4v) is 3.51. The molecule has 1 aromatic heterocycles. The molecular weight excluding hydrogens is 272 g/mol. The summed E-state index contributed by atoms with van der Waals surface area (Å²) >= 11 is 0. The van der Waals surface area contributed by atoms with Crippen molar-refractivity contribution in [2.45, 2.75) is 64.7 Å². The minimum absolute atomic E-state index is 0.461. The van der Waals surface area contributed by atoms with Gasteiger partial charge in [-0.25, -0.2) is 0 Å². The number of benzene rings is 1. The highest BCUT2D eigenvalue weighted by Crippen LogP contribution is 2.38. The van der Waals surface area contributed by atoms with Gasteiger partial charge in [0.2, 0.25) is 11.8 Å². The molecule has 0 aliphatic heterocycles. The van der Waals surface area contributed by atoms with E-state index in [4.69, 9.17) is 4.42 Å². The highest BCUT2D eigenvalue weighted by molar-refractivity contribution is 5.57. The SMILES string of the molecule is CCCCC1CCC(c2nnc(-c3ccccc3C)o2)CC1. The van der Waals surface area contributed by atoms with Crippen LogP contribution in [-0.2, 0) is 0 Å². The molecule has 22 heavy (non-hydrogen) atoms. The van der Waals surface area contributed by atoms with Gasteiger partial charge in [0, 0.05) is 11.5 Å². The van der Waals surface area contributed by atoms with Gasteiger partial charge in [0.05, 0.1) is 0 Å². The van der Waals surface area contributed by atoms with Gasteiger partial charge >= 0.3 is 0 Å². The highest BCUT2D eigenvalue weighted by atomic mass is 16.4. The van der Waals surface area contributed by atoms with Crippen LogP contribution in [0.4, 0.5) is 0 Å². The summed E-state index contributed by atoms with van der Waals surface area (Å²) in [5.41, 5.74) is 2.24. The predicted octanol–water partition coefficient (Wildman–Crippen LogP) is 5.51. The van der Waals surface area contributed by atoms with Crippen molar-refractivity contribution in [3.8, 4) is 11.5 Å². The summed E-state index contributed by atoms with van der Waals surface area (Å²) in [6, 6.07) is 8.19. The van der Waals surface area contributed by atoms with Crippen LogP contribution in [-0.4, -0.2) is 10.2 Å². The molecule has 0 amide bonds. The Labute approximate surface area is 133 Å². The summed E-state index contributed by atoms with van der Waals surface area (Å²) in [5, 5.41) is 8.60. The quantitative estimate of drug-likeness (QED) is 0.730. The lowest BCUT2D eigenvalue weighted by Gasteiger charge is -2.26. The Bertz CT molecular complexity index is 597. The van der Waals surface area contributed by atoms with Crippen LogP contribution < -0.4 is 0 Å². The standard InChI is InChI=1S/C19H26N2O/c1-3-4-8-15-10-12-16(13-11-15)18-20-21-19(22-18)17-9-6-5-7-14(17)2/h5-7,9,15-16H,3-4,8,10-13H2,1-2H3. The zero-order valence-corrected chi connectivity index (χ0v) is 13.7. The van der Waals surface area contributed by atoms with E-state index in [1.807, 2.05) is 18.2 Å². The fraction of sp³-hybridized carbons (Fsp3) is 0.579. The van der Waals surface area contributed by atoms with Gasteiger partial charge < -0.3 is 4.42 Å². The minimum atomic E-state index is 0.461. The Morgan fingerprint density at radius 2 is 1.86 bits per heavy atom. The van der Waals surface area contributed by atoms with Crippen LogP contribution in [0.2, 0.25) is 0 Å². The van der Waals surface area contributed by atoms with E-state index in [2.05, 4.69) is 30.1 Å². The summed E-state index contributed by atoms with van der Waals surface area (Å²) in [7, 11) is 0. The Morgan fingerprint density at radius 3 is 2.59 bits per heavy atom. The number of aryl methyl sites for hydroxylation is 1. The number of unbranched alkanes of at least 4 members (excludes halogenated alkanes) is 1. The van der Waals surface area contributed by atoms with E-state index in [0.29, 0.717) is 11.8 Å². The van der Waals surface area contributed by atoms with E-state index in [-0.39, 0.29) is 0 Å². The smallest absolute Gasteiger partial charge is 0.248 e. The normalized spacial score (nSPS) is 21.9. The van der Waals surface area contributed by atoms with Crippen molar-refractivity contribution >= 4 is 0 Å². The first-order valence-electron chi connectivity index (χ1n) is 8.67. The van der Waals surface area contributed by atoms with E-state index >= 15 is 0 Å². The molecule has 2 aromatic rings. The molecule has 3 nitrogen and oxygen atoms in total. The third kappa shape index (κ3) is 3.40. The highest BCUT2D eigenvalue weighted by Gasteiger charge is 2.26. The largest absolute Gasteiger partial charge is 0.420 e. The zero-order chi connectivity index (χ0) is 15.4. The van der Waals surface area contributed by atoms with E-state index in [1.165, 1.54) is 50.5 Å². The van der Waals surface area contributed by atoms with E-state index in [1.54, 1.807) is 0 Å². The van der Waals surface area contributed by atoms with Gasteiger partial charge in [0.15, 0.2) is 0 Å². The molecule has 0 N–H and O–H groups in total. The van der Waals surface area contributed by atoms with Crippen molar-refractivity contribution in [3.63, 3.8) is 0 Å². The van der Waals surface area contributed by atoms with Gasteiger partial charge in [-0.15, -0.1) is 10.2 Å². The second-order valence-corrected chi connectivity index (χ2v) is 6.62. The van der Waals surface area contributed by atoms with E-state index in [0.717, 1.165) is 17.4 Å². The molecule has 118 valence electrons. The molecule has 0 bridgehead atoms. The molecule has 1 aliphatic rings. The van der Waals surface area contributed by atoms with Gasteiger partial charge in [-0.1, -0.05) is 44.4 Å². The summed E-state index contributed by atoms with van der Waals surface area (Å²) in [4.78, 5) is 0. The Balaban J connectivity index is 1.64. The van der Waals surface area contributed by atoms with Crippen molar-refractivity contribution < 1.29 is 4.42 Å². The molecule has 0 radical (unpaired) electrons. The lowest BCUT2D eigenvalue weighted by atomic mass is 9.80. The third-order valence-corrected chi connectivity index (χ3v) is 4.98. The first-order chi connectivity index (χ1) is 10.8. The number of aromatic nitrogens is 2. The average molecular weight is 298 g/mol. The van der Waals surface area contributed by atoms with Gasteiger partial charge in [0.25, 0.3) is 0 Å². The van der Waals surface area contributed by atoms with Gasteiger partial charge in [-0.3, -0.25) is 0 Å². The number of hydrogen-bond donors (Lipinski definition) is 0. The maximum atomic E-state index is 5.98. The molecule has 1 aromatic carbocycles. The molecule has 0 spiro atoms. The molecule has 1 fully saturated rings. The molecular formula is C19H26N2O. The van der Waals surface area contributed by atoms with Gasteiger partial charge in [0.1, 0.15) is 0 Å². The molecule has 1 saturated carbocycles. The van der Waals surface area contributed by atoms with Crippen molar-refractivity contribution in [1.82, 2.24) is 10.2 Å². The second-order valence-electron chi connectivity index (χ2n) is 6.62. The summed E-state index contributed by atoms with van der Waals surface area (Å²) in [5.74, 6) is 2.88. The van der Waals surface area contributed by atoms with Crippen molar-refractivity contribution in [1.29, 1.82) is 0 Å². The average Bonchev–Trinajstić information content (AvgIpc) is 3.03. The van der Waals surface area contributed by atoms with Crippen LogP contribution in [0.25, 0.3) is 11.5 Å². The fourth-order valence-electron chi connectivity index (χ4n) is 3.51. The summed E-state index contributed by atoms with van der Waals surface area (Å²) in [6.07, 6.45) is 9.09. The molecule has 3 rings (SSSR count). The minimum Gasteiger partial charge on any atom is -0.420 e. The van der Waals surface area contributed by atoms with Crippen molar-refractivity contribution in [2.75, 3.05) is 0 Å². The first-order valence-corrected chi connectivity index (χ1v) is 8.67. The number of rotatable bonds is 5. The molecule has 0 saturated heterocycles. The first kappa shape index (κ1) is 15.3. The molecule has 0 atom stereocenters. The summed E-state index contributed by atoms with van der Waals surface area (Å²) in [6.45, 7) is 4.36. The maximum absolute atomic E-state index is 5.98. The molecule has 0 unspecified atom stereocenters. The molecule has 1 aliphatic carbocycles.